The molecule has 0 fully saturated rings. The Morgan fingerprint density at radius 2 is 0.906 bits per heavy atom. The molecule has 0 saturated carbocycles. The quantitative estimate of drug-likeness (QED) is 0.298. The van der Waals surface area contributed by atoms with Crippen molar-refractivity contribution in [2.45, 2.75) is 66.2 Å². The van der Waals surface area contributed by atoms with Crippen molar-refractivity contribution in [2.24, 2.45) is 0 Å². The fourth-order valence-electron chi connectivity index (χ4n) is 3.61. The van der Waals surface area contributed by atoms with Crippen LogP contribution in [0.25, 0.3) is 21.5 Å². The van der Waals surface area contributed by atoms with E-state index >= 15 is 0 Å². The van der Waals surface area contributed by atoms with Crippen LogP contribution in [0.1, 0.15) is 66.5 Å². The van der Waals surface area contributed by atoms with Gasteiger partial charge in [-0.15, -0.1) is 93.3 Å². The van der Waals surface area contributed by atoms with Gasteiger partial charge in [0.05, 0.1) is 0 Å². The summed E-state index contributed by atoms with van der Waals surface area (Å²) in [5.41, 5.74) is 3.40. The predicted molar refractivity (Wildman–Crippen MR) is 133 cm³/mol. The fourth-order valence-corrected chi connectivity index (χ4v) is 3.61. The molecule has 0 heterocycles. The van der Waals surface area contributed by atoms with Crippen LogP contribution in [0.15, 0.2) is 72.8 Å². The predicted octanol–water partition coefficient (Wildman–Crippen LogP) is 2.47. The van der Waals surface area contributed by atoms with Crippen molar-refractivity contribution in [1.82, 2.24) is 0 Å². The maximum Gasteiger partial charge on any atom is -1.00 e. The zero-order valence-electron chi connectivity index (χ0n) is 20.7. The van der Waals surface area contributed by atoms with Crippen LogP contribution < -0.4 is 24.8 Å². The van der Waals surface area contributed by atoms with Gasteiger partial charge in [-0.3, -0.25) is 0 Å². The van der Waals surface area contributed by atoms with E-state index in [1.165, 1.54) is 35.9 Å². The van der Waals surface area contributed by atoms with Gasteiger partial charge in [0.2, 0.25) is 0 Å². The number of fused-ring (bicyclic) bond motifs is 2. The van der Waals surface area contributed by atoms with Gasteiger partial charge in [-0.05, 0) is 0 Å². The van der Waals surface area contributed by atoms with E-state index in [9.17, 15) is 0 Å². The van der Waals surface area contributed by atoms with Gasteiger partial charge in [-0.2, -0.15) is 0 Å². The molecule has 0 radical (unpaired) electrons. The third-order valence-corrected chi connectivity index (χ3v) is 4.98. The van der Waals surface area contributed by atoms with Crippen LogP contribution >= 0.6 is 0 Å². The van der Waals surface area contributed by atoms with Crippen molar-refractivity contribution in [3.05, 3.63) is 83.9 Å². The molecule has 0 bridgehead atoms. The van der Waals surface area contributed by atoms with Crippen LogP contribution in [0.4, 0.5) is 0 Å². The summed E-state index contributed by atoms with van der Waals surface area (Å²) in [6.45, 7) is 17.8. The van der Waals surface area contributed by atoms with Gasteiger partial charge < -0.3 is 24.8 Å². The first kappa shape index (κ1) is 31.0. The Kier molecular flexibility index (Phi) is 12.6. The third kappa shape index (κ3) is 8.74. The molecule has 0 saturated heterocycles. The van der Waals surface area contributed by atoms with Crippen LogP contribution in [0.2, 0.25) is 0 Å². The van der Waals surface area contributed by atoms with Gasteiger partial charge in [-0.25, -0.2) is 0 Å². The topological polar surface area (TPSA) is 0 Å². The maximum atomic E-state index is 2.26. The first-order valence-corrected chi connectivity index (χ1v) is 12.0. The van der Waals surface area contributed by atoms with E-state index in [1.807, 2.05) is 0 Å². The van der Waals surface area contributed by atoms with E-state index in [4.69, 9.17) is 0 Å². The molecule has 0 aliphatic heterocycles. The molecule has 0 spiro atoms. The van der Waals surface area contributed by atoms with Gasteiger partial charge in [0.25, 0.3) is 0 Å². The van der Waals surface area contributed by atoms with E-state index in [-0.39, 0.29) is 35.6 Å². The van der Waals surface area contributed by atoms with E-state index in [1.54, 1.807) is 24.2 Å². The molecule has 4 rings (SSSR count). The van der Waals surface area contributed by atoms with Crippen LogP contribution in [-0.4, -0.2) is 3.21 Å². The second kappa shape index (κ2) is 13.0. The second-order valence-corrected chi connectivity index (χ2v) is 12.6. The van der Waals surface area contributed by atoms with Crippen LogP contribution in [-0.2, 0) is 35.1 Å². The summed E-state index contributed by atoms with van der Waals surface area (Å²) < 4.78 is 1.51. The van der Waals surface area contributed by atoms with E-state index in [2.05, 4.69) is 128 Å². The van der Waals surface area contributed by atoms with Gasteiger partial charge in [-0.1, -0.05) is 64.5 Å². The van der Waals surface area contributed by atoms with Gasteiger partial charge in [0.15, 0.2) is 0 Å². The molecule has 0 aliphatic carbocycles. The zero-order valence-corrected chi connectivity index (χ0v) is 24.7. The smallest absolute Gasteiger partial charge is 1.00 e. The van der Waals surface area contributed by atoms with Crippen molar-refractivity contribution < 1.29 is 49.0 Å². The van der Waals surface area contributed by atoms with Crippen LogP contribution in [0, 0.1) is 0 Å². The van der Waals surface area contributed by atoms with Crippen molar-refractivity contribution in [2.75, 3.05) is 0 Å². The number of halogens is 2. The van der Waals surface area contributed by atoms with E-state index in [0.717, 1.165) is 0 Å². The van der Waals surface area contributed by atoms with Crippen LogP contribution in [0.3, 0.4) is 0 Å². The first-order chi connectivity index (χ1) is 13.9. The van der Waals surface area contributed by atoms with Crippen molar-refractivity contribution >= 4 is 24.8 Å². The number of hydrogen-bond acceptors (Lipinski definition) is 0. The summed E-state index contributed by atoms with van der Waals surface area (Å²) in [5, 5.41) is 5.50. The Morgan fingerprint density at radius 3 is 1.19 bits per heavy atom. The Balaban J connectivity index is 0.000000490. The molecule has 4 aromatic carbocycles. The third-order valence-electron chi connectivity index (χ3n) is 4.98. The number of hydrogen-bond donors (Lipinski definition) is 0. The molecule has 4 aromatic rings. The molecule has 0 atom stereocenters. The number of benzene rings is 2. The van der Waals surface area contributed by atoms with Crippen molar-refractivity contribution in [3.8, 4) is 0 Å². The minimum absolute atomic E-state index is 0. The molecule has 0 unspecified atom stereocenters. The molecule has 0 aromatic heterocycles. The van der Waals surface area contributed by atoms with E-state index < -0.39 is 0 Å². The molecule has 0 nitrogen and oxygen atoms in total. The Hall–Kier alpha value is -1.01. The average Bonchev–Trinajstić information content (AvgIpc) is 3.25. The molecule has 3 heteroatoms. The van der Waals surface area contributed by atoms with Gasteiger partial charge >= 0.3 is 41.3 Å². The van der Waals surface area contributed by atoms with Gasteiger partial charge in [0.1, 0.15) is 0 Å². The normalized spacial score (nSPS) is 10.8. The molecule has 0 N–H and O–H groups in total. The monoisotopic (exact) mass is 544 g/mol. The summed E-state index contributed by atoms with van der Waals surface area (Å²) in [6, 6.07) is 26.0. The van der Waals surface area contributed by atoms with Crippen molar-refractivity contribution in [1.29, 1.82) is 0 Å². The largest absolute Gasteiger partial charge is 1.00 e. The Labute approximate surface area is 222 Å². The summed E-state index contributed by atoms with van der Waals surface area (Å²) >= 11 is 1.55. The molecular weight excluding hydrogens is 510 g/mol. The Bertz CT molecular complexity index is 1010. The molecule has 172 valence electrons. The van der Waals surface area contributed by atoms with Crippen LogP contribution in [0.5, 0.6) is 0 Å². The molecule has 0 aliphatic rings. The zero-order chi connectivity index (χ0) is 22.5. The summed E-state index contributed by atoms with van der Waals surface area (Å²) in [4.78, 5) is 0. The van der Waals surface area contributed by atoms with Crippen molar-refractivity contribution in [3.63, 3.8) is 0 Å². The molecule has 32 heavy (non-hydrogen) atoms. The molecule has 0 amide bonds. The Morgan fingerprint density at radius 1 is 0.625 bits per heavy atom. The fraction of sp³-hybridized carbons (Fsp3) is 0.345. The minimum Gasteiger partial charge on any atom is -1.00 e. The first-order valence-electron chi connectivity index (χ1n) is 10.7. The van der Waals surface area contributed by atoms with E-state index in [0.29, 0.717) is 0 Å². The average molecular weight is 547 g/mol. The second-order valence-electron chi connectivity index (χ2n) is 10.2. The summed E-state index contributed by atoms with van der Waals surface area (Å²) in [5.74, 6) is 0. The standard InChI is InChI=1S/2C13H15.C3H6.2ClH.Zr/c2*1-13(2,3)12-9-8-10-6-4-5-7-11(10)12;1-3-2;;;/h2*4-9H,1-3H3;1-2H3;2*1H;/q2*-1;;;;+2/p-2. The maximum absolute atomic E-state index is 2.26. The van der Waals surface area contributed by atoms with Gasteiger partial charge in [0, 0.05) is 0 Å². The molecular formula is C29H36Cl2Zr-2. The minimum atomic E-state index is 0. The summed E-state index contributed by atoms with van der Waals surface area (Å²) in [7, 11) is 0. The SMILES string of the molecule is CC(C)(C)c1c[cH-]c2ccccc12.CC(C)(C)c1c[cH-]c2ccccc12.C[C](C)=[Zr+2].[Cl-].[Cl-]. The number of rotatable bonds is 0. The summed E-state index contributed by atoms with van der Waals surface area (Å²) in [6.07, 6.45) is 0.